The smallest absolute Gasteiger partial charge is 0.266 e. The molecule has 1 atom stereocenters. The fourth-order valence-electron chi connectivity index (χ4n) is 4.48. The Labute approximate surface area is 222 Å². The van der Waals surface area contributed by atoms with Gasteiger partial charge in [-0.3, -0.25) is 9.36 Å². The summed E-state index contributed by atoms with van der Waals surface area (Å²) in [6.07, 6.45) is 7.34. The van der Waals surface area contributed by atoms with E-state index < -0.39 is 0 Å². The number of nitrogen functional groups attached to an aromatic ring is 1. The van der Waals surface area contributed by atoms with Crippen LogP contribution >= 0.6 is 11.3 Å². The molecule has 0 saturated heterocycles. The first-order chi connectivity index (χ1) is 18.6. The van der Waals surface area contributed by atoms with E-state index in [2.05, 4.69) is 20.4 Å². The number of hydrogen-bond acceptors (Lipinski definition) is 8. The maximum atomic E-state index is 14.1. The van der Waals surface area contributed by atoms with Crippen molar-refractivity contribution in [3.8, 4) is 5.69 Å². The van der Waals surface area contributed by atoms with Gasteiger partial charge in [0.15, 0.2) is 11.5 Å². The van der Waals surface area contributed by atoms with Crippen LogP contribution in [0.4, 0.5) is 5.82 Å². The highest BCUT2D eigenvalue weighted by molar-refractivity contribution is 7.07. The zero-order valence-corrected chi connectivity index (χ0v) is 21.3. The lowest BCUT2D eigenvalue weighted by molar-refractivity contribution is 0.534. The van der Waals surface area contributed by atoms with Gasteiger partial charge in [-0.25, -0.2) is 19.5 Å². The van der Waals surface area contributed by atoms with Gasteiger partial charge in [-0.05, 0) is 42.8 Å². The minimum atomic E-state index is -0.292. The zero-order valence-electron chi connectivity index (χ0n) is 20.5. The molecule has 4 heterocycles. The Kier molecular flexibility index (Phi) is 6.24. The number of thiazole rings is 1. The average molecular weight is 521 g/mol. The van der Waals surface area contributed by atoms with Gasteiger partial charge in [0.1, 0.15) is 5.82 Å². The van der Waals surface area contributed by atoms with Crippen molar-refractivity contribution in [1.82, 2.24) is 34.4 Å². The van der Waals surface area contributed by atoms with Gasteiger partial charge < -0.3 is 11.1 Å². The van der Waals surface area contributed by atoms with Crippen LogP contribution in [0.15, 0.2) is 82.7 Å². The Morgan fingerprint density at radius 1 is 1.08 bits per heavy atom. The molecule has 0 aliphatic rings. The van der Waals surface area contributed by atoms with Crippen molar-refractivity contribution in [1.29, 1.82) is 0 Å². The number of anilines is 1. The van der Waals surface area contributed by atoms with E-state index in [9.17, 15) is 4.79 Å². The van der Waals surface area contributed by atoms with Crippen LogP contribution in [0.5, 0.6) is 0 Å². The van der Waals surface area contributed by atoms with Crippen LogP contribution < -0.4 is 16.6 Å². The molecule has 9 nitrogen and oxygen atoms in total. The molecule has 0 bridgehead atoms. The second-order valence-electron chi connectivity index (χ2n) is 8.79. The average Bonchev–Trinajstić information content (AvgIpc) is 3.58. The van der Waals surface area contributed by atoms with Gasteiger partial charge >= 0.3 is 0 Å². The molecule has 4 aromatic heterocycles. The van der Waals surface area contributed by atoms with Crippen LogP contribution in [0.1, 0.15) is 35.6 Å². The highest BCUT2D eigenvalue weighted by atomic mass is 32.1. The van der Waals surface area contributed by atoms with E-state index in [-0.39, 0.29) is 11.6 Å². The molecule has 38 heavy (non-hydrogen) atoms. The summed E-state index contributed by atoms with van der Waals surface area (Å²) in [7, 11) is 0. The predicted molar refractivity (Wildman–Crippen MR) is 151 cm³/mol. The Bertz CT molecular complexity index is 1820. The number of nitrogens with two attached hydrogens (primary N) is 1. The van der Waals surface area contributed by atoms with E-state index in [4.69, 9.17) is 10.7 Å². The number of benzene rings is 2. The molecule has 188 valence electrons. The number of para-hydroxylation sites is 1. The van der Waals surface area contributed by atoms with Gasteiger partial charge in [0.05, 0.1) is 39.4 Å². The molecule has 0 fully saturated rings. The van der Waals surface area contributed by atoms with Crippen LogP contribution in [-0.4, -0.2) is 29.1 Å². The van der Waals surface area contributed by atoms with Crippen molar-refractivity contribution >= 4 is 45.9 Å². The molecular formula is C28H24N8OS. The Hall–Kier alpha value is -4.67. The number of hydrogen-bond donors (Lipinski definition) is 2. The predicted octanol–water partition coefficient (Wildman–Crippen LogP) is 4.49. The molecule has 10 heteroatoms. The Morgan fingerprint density at radius 2 is 1.95 bits per heavy atom. The van der Waals surface area contributed by atoms with E-state index >= 15 is 0 Å². The van der Waals surface area contributed by atoms with Crippen molar-refractivity contribution in [2.24, 2.45) is 0 Å². The van der Waals surface area contributed by atoms with E-state index in [1.807, 2.05) is 79.2 Å². The Balaban J connectivity index is 1.44. The minimum Gasteiger partial charge on any atom is -0.382 e. The summed E-state index contributed by atoms with van der Waals surface area (Å²) in [5.74, 6) is 1.00. The van der Waals surface area contributed by atoms with Crippen molar-refractivity contribution in [2.75, 3.05) is 5.73 Å². The number of fused-ring (bicyclic) bond motifs is 2. The fourth-order valence-corrected chi connectivity index (χ4v) is 5.00. The summed E-state index contributed by atoms with van der Waals surface area (Å²) in [6.45, 7) is 2.39. The standard InChI is InChI=1S/C28H24N8OS/c1-18(31-15-22-25(29)34-35-14-6-13-30-27(22)35)26-33-23-10-5-7-19(11-12-20-16-38-17-32-20)24(23)28(37)36(26)21-8-3-2-4-9-21/h2-14,16-18,31H,15H2,1H3,(H2,29,34). The summed E-state index contributed by atoms with van der Waals surface area (Å²) < 4.78 is 3.34. The maximum absolute atomic E-state index is 14.1. The van der Waals surface area contributed by atoms with E-state index in [0.29, 0.717) is 34.7 Å². The van der Waals surface area contributed by atoms with Gasteiger partial charge in [0, 0.05) is 24.3 Å². The third-order valence-electron chi connectivity index (χ3n) is 6.35. The van der Waals surface area contributed by atoms with Crippen molar-refractivity contribution < 1.29 is 0 Å². The molecule has 3 N–H and O–H groups in total. The van der Waals surface area contributed by atoms with Gasteiger partial charge in [-0.15, -0.1) is 16.4 Å². The van der Waals surface area contributed by atoms with Crippen LogP contribution in [0.25, 0.3) is 34.4 Å². The first-order valence-electron chi connectivity index (χ1n) is 12.1. The first kappa shape index (κ1) is 23.7. The fraction of sp³-hybridized carbons (Fsp3) is 0.107. The third-order valence-corrected chi connectivity index (χ3v) is 6.95. The molecular weight excluding hydrogens is 496 g/mol. The summed E-state index contributed by atoms with van der Waals surface area (Å²) in [5.41, 5.74) is 12.3. The molecule has 2 aromatic carbocycles. The lowest BCUT2D eigenvalue weighted by Crippen LogP contribution is -2.30. The van der Waals surface area contributed by atoms with Gasteiger partial charge in [0.2, 0.25) is 0 Å². The summed E-state index contributed by atoms with van der Waals surface area (Å²) >= 11 is 1.53. The molecule has 6 aromatic rings. The molecule has 0 radical (unpaired) electrons. The Morgan fingerprint density at radius 3 is 2.76 bits per heavy atom. The topological polar surface area (TPSA) is 116 Å². The van der Waals surface area contributed by atoms with E-state index in [0.717, 1.165) is 22.5 Å². The molecule has 6 rings (SSSR count). The van der Waals surface area contributed by atoms with Crippen LogP contribution in [0, 0.1) is 0 Å². The second kappa shape index (κ2) is 10.0. The van der Waals surface area contributed by atoms with Gasteiger partial charge in [-0.1, -0.05) is 36.4 Å². The quantitative estimate of drug-likeness (QED) is 0.319. The number of aromatic nitrogens is 6. The normalized spacial score (nSPS) is 12.6. The van der Waals surface area contributed by atoms with Gasteiger partial charge in [-0.2, -0.15) is 0 Å². The van der Waals surface area contributed by atoms with Crippen LogP contribution in [0.3, 0.4) is 0 Å². The first-order valence-corrected chi connectivity index (χ1v) is 13.0. The summed E-state index contributed by atoms with van der Waals surface area (Å²) in [4.78, 5) is 27.8. The maximum Gasteiger partial charge on any atom is 0.266 e. The molecule has 0 aliphatic carbocycles. The van der Waals surface area contributed by atoms with Crippen molar-refractivity contribution in [3.05, 3.63) is 111 Å². The monoisotopic (exact) mass is 520 g/mol. The zero-order chi connectivity index (χ0) is 26.1. The molecule has 0 aliphatic heterocycles. The van der Waals surface area contributed by atoms with Crippen LogP contribution in [0.2, 0.25) is 0 Å². The van der Waals surface area contributed by atoms with Crippen LogP contribution in [-0.2, 0) is 6.54 Å². The molecule has 0 amide bonds. The summed E-state index contributed by atoms with van der Waals surface area (Å²) in [6, 6.07) is 16.8. The van der Waals surface area contributed by atoms with Crippen molar-refractivity contribution in [2.45, 2.75) is 19.5 Å². The minimum absolute atomic E-state index is 0.138. The largest absolute Gasteiger partial charge is 0.382 e. The third kappa shape index (κ3) is 4.36. The lowest BCUT2D eigenvalue weighted by Gasteiger charge is -2.20. The molecule has 1 unspecified atom stereocenters. The lowest BCUT2D eigenvalue weighted by atomic mass is 10.1. The van der Waals surface area contributed by atoms with E-state index in [1.165, 1.54) is 11.3 Å². The highest BCUT2D eigenvalue weighted by Gasteiger charge is 2.20. The van der Waals surface area contributed by atoms with E-state index in [1.54, 1.807) is 26.9 Å². The number of nitrogens with one attached hydrogen (secondary N) is 1. The van der Waals surface area contributed by atoms with Crippen molar-refractivity contribution in [3.63, 3.8) is 0 Å². The summed E-state index contributed by atoms with van der Waals surface area (Å²) in [5, 5.41) is 10.3. The highest BCUT2D eigenvalue weighted by Crippen LogP contribution is 2.23. The second-order valence-corrected chi connectivity index (χ2v) is 9.51. The molecule has 0 saturated carbocycles. The number of rotatable bonds is 7. The molecule has 0 spiro atoms. The van der Waals surface area contributed by atoms with Gasteiger partial charge in [0.25, 0.3) is 5.56 Å². The SMILES string of the molecule is CC(NCc1c(N)nn2cccnc12)c1nc2cccc(C=Cc3cscn3)c2c(=O)n1-c1ccccc1. The number of nitrogens with zero attached hydrogens (tertiary/aromatic N) is 6.